The molecule has 5 rings (SSSR count). The van der Waals surface area contributed by atoms with Gasteiger partial charge in [-0.3, -0.25) is 9.69 Å². The Morgan fingerprint density at radius 2 is 1.91 bits per heavy atom. The molecule has 0 N–H and O–H groups in total. The van der Waals surface area contributed by atoms with E-state index < -0.39 is 5.82 Å². The third-order valence-electron chi connectivity index (χ3n) is 6.26. The number of hydrogen-bond donors (Lipinski definition) is 0. The molecule has 1 unspecified atom stereocenters. The predicted molar refractivity (Wildman–Crippen MR) is 132 cm³/mol. The first-order chi connectivity index (χ1) is 16.4. The number of aromatic nitrogens is 3. The van der Waals surface area contributed by atoms with E-state index in [1.807, 2.05) is 4.90 Å². The van der Waals surface area contributed by atoms with Crippen LogP contribution in [-0.4, -0.2) is 53.1 Å². The smallest absolute Gasteiger partial charge is 0.247 e. The Balaban J connectivity index is 1.50. The third-order valence-corrected chi connectivity index (χ3v) is 6.85. The fourth-order valence-corrected chi connectivity index (χ4v) is 4.85. The largest absolute Gasteiger partial charge is 0.344 e. The SMILES string of the molecule is CC1CCCN1c1nc(-c2ccc(F)c(Cl)c2)cc(N2CCN(c3ncccc3Cl)CC2=O)n1. The Morgan fingerprint density at radius 1 is 1.06 bits per heavy atom. The summed E-state index contributed by atoms with van der Waals surface area (Å²) < 4.78 is 13.8. The van der Waals surface area contributed by atoms with Gasteiger partial charge in [0.2, 0.25) is 11.9 Å². The lowest BCUT2D eigenvalue weighted by atomic mass is 10.1. The van der Waals surface area contributed by atoms with E-state index in [0.29, 0.717) is 53.0 Å². The molecule has 2 aliphatic heterocycles. The van der Waals surface area contributed by atoms with Crippen LogP contribution in [0.3, 0.4) is 0 Å². The molecule has 0 bridgehead atoms. The number of halogens is 3. The van der Waals surface area contributed by atoms with Gasteiger partial charge in [0.05, 0.1) is 22.3 Å². The van der Waals surface area contributed by atoms with Crippen LogP contribution in [0.1, 0.15) is 19.8 Å². The van der Waals surface area contributed by atoms with E-state index in [0.717, 1.165) is 19.4 Å². The highest BCUT2D eigenvalue weighted by Crippen LogP contribution is 2.32. The van der Waals surface area contributed by atoms with Crippen molar-refractivity contribution in [2.45, 2.75) is 25.8 Å². The van der Waals surface area contributed by atoms with E-state index in [4.69, 9.17) is 33.2 Å². The van der Waals surface area contributed by atoms with Crippen LogP contribution >= 0.6 is 23.2 Å². The summed E-state index contributed by atoms with van der Waals surface area (Å²) in [4.78, 5) is 32.7. The summed E-state index contributed by atoms with van der Waals surface area (Å²) in [5.74, 6) is 1.05. The van der Waals surface area contributed by atoms with E-state index in [-0.39, 0.29) is 17.5 Å². The fourth-order valence-electron chi connectivity index (χ4n) is 4.43. The Kier molecular flexibility index (Phi) is 6.27. The lowest BCUT2D eigenvalue weighted by Gasteiger charge is -2.35. The monoisotopic (exact) mass is 500 g/mol. The van der Waals surface area contributed by atoms with E-state index >= 15 is 0 Å². The molecule has 4 heterocycles. The summed E-state index contributed by atoms with van der Waals surface area (Å²) in [5, 5.41) is 0.525. The second kappa shape index (κ2) is 9.35. The fraction of sp³-hybridized carbons (Fsp3) is 0.333. The summed E-state index contributed by atoms with van der Waals surface area (Å²) in [6.07, 6.45) is 3.76. The zero-order valence-electron chi connectivity index (χ0n) is 18.6. The van der Waals surface area contributed by atoms with Crippen LogP contribution < -0.4 is 14.7 Å². The standard InChI is InChI=1S/C24H23Cl2FN6O/c1-15-4-3-9-32(15)24-29-20(16-6-7-19(27)18(26)12-16)13-21(30-24)33-11-10-31(14-22(33)34)23-17(25)5-2-8-28-23/h2,5-8,12-13,15H,3-4,9-11,14H2,1H3. The highest BCUT2D eigenvalue weighted by molar-refractivity contribution is 6.33. The number of anilines is 3. The van der Waals surface area contributed by atoms with Gasteiger partial charge in [0, 0.05) is 43.5 Å². The molecule has 0 saturated carbocycles. The van der Waals surface area contributed by atoms with Gasteiger partial charge in [-0.2, -0.15) is 4.98 Å². The number of hydrogen-bond acceptors (Lipinski definition) is 6. The number of rotatable bonds is 4. The molecule has 2 fully saturated rings. The minimum atomic E-state index is -0.493. The predicted octanol–water partition coefficient (Wildman–Crippen LogP) is 4.83. The third kappa shape index (κ3) is 4.40. The maximum absolute atomic E-state index is 13.8. The molecule has 176 valence electrons. The zero-order chi connectivity index (χ0) is 23.8. The summed E-state index contributed by atoms with van der Waals surface area (Å²) in [6, 6.07) is 10.1. The molecular weight excluding hydrogens is 478 g/mol. The molecule has 7 nitrogen and oxygen atoms in total. The zero-order valence-corrected chi connectivity index (χ0v) is 20.1. The van der Waals surface area contributed by atoms with Crippen molar-refractivity contribution < 1.29 is 9.18 Å². The van der Waals surface area contributed by atoms with Crippen LogP contribution in [0.5, 0.6) is 0 Å². The van der Waals surface area contributed by atoms with Gasteiger partial charge in [0.1, 0.15) is 17.5 Å². The van der Waals surface area contributed by atoms with Crippen molar-refractivity contribution in [3.63, 3.8) is 0 Å². The molecule has 0 spiro atoms. The minimum Gasteiger partial charge on any atom is -0.344 e. The Bertz CT molecular complexity index is 1240. The molecule has 34 heavy (non-hydrogen) atoms. The Morgan fingerprint density at radius 3 is 2.62 bits per heavy atom. The van der Waals surface area contributed by atoms with Gasteiger partial charge in [-0.1, -0.05) is 23.2 Å². The van der Waals surface area contributed by atoms with Crippen molar-refractivity contribution >= 4 is 46.7 Å². The first kappa shape index (κ1) is 22.8. The topological polar surface area (TPSA) is 65.5 Å². The minimum absolute atomic E-state index is 0.0192. The molecule has 10 heteroatoms. The summed E-state index contributed by atoms with van der Waals surface area (Å²) in [5.41, 5.74) is 1.25. The lowest BCUT2D eigenvalue weighted by Crippen LogP contribution is -2.51. The molecule has 3 aromatic rings. The van der Waals surface area contributed by atoms with Crippen molar-refractivity contribution in [2.75, 3.05) is 40.9 Å². The molecule has 2 aliphatic rings. The van der Waals surface area contributed by atoms with Crippen molar-refractivity contribution in [2.24, 2.45) is 0 Å². The number of nitrogens with zero attached hydrogens (tertiary/aromatic N) is 6. The number of piperazine rings is 1. The lowest BCUT2D eigenvalue weighted by molar-refractivity contribution is -0.118. The van der Waals surface area contributed by atoms with Crippen LogP contribution in [-0.2, 0) is 4.79 Å². The number of pyridine rings is 1. The molecule has 2 saturated heterocycles. The van der Waals surface area contributed by atoms with E-state index in [9.17, 15) is 9.18 Å². The molecular formula is C24H23Cl2FN6O. The van der Waals surface area contributed by atoms with Gasteiger partial charge in [-0.25, -0.2) is 14.4 Å². The summed E-state index contributed by atoms with van der Waals surface area (Å²) in [7, 11) is 0. The molecule has 1 aromatic carbocycles. The average Bonchev–Trinajstić information content (AvgIpc) is 3.26. The van der Waals surface area contributed by atoms with Crippen molar-refractivity contribution in [1.82, 2.24) is 15.0 Å². The number of benzene rings is 1. The number of amides is 1. The molecule has 2 aromatic heterocycles. The second-order valence-corrected chi connectivity index (χ2v) is 9.32. The first-order valence-corrected chi connectivity index (χ1v) is 11.9. The van der Waals surface area contributed by atoms with Gasteiger partial charge in [-0.15, -0.1) is 0 Å². The van der Waals surface area contributed by atoms with Gasteiger partial charge < -0.3 is 9.80 Å². The van der Waals surface area contributed by atoms with E-state index in [1.165, 1.54) is 6.07 Å². The van der Waals surface area contributed by atoms with Crippen LogP contribution in [0.25, 0.3) is 11.3 Å². The van der Waals surface area contributed by atoms with Crippen LogP contribution in [0.2, 0.25) is 10.0 Å². The van der Waals surface area contributed by atoms with Gasteiger partial charge in [-0.05, 0) is 50.1 Å². The summed E-state index contributed by atoms with van der Waals surface area (Å²) in [6.45, 7) is 4.08. The highest BCUT2D eigenvalue weighted by atomic mass is 35.5. The van der Waals surface area contributed by atoms with Gasteiger partial charge in [0.25, 0.3) is 0 Å². The van der Waals surface area contributed by atoms with Crippen molar-refractivity contribution in [1.29, 1.82) is 0 Å². The van der Waals surface area contributed by atoms with Crippen molar-refractivity contribution in [3.8, 4) is 11.3 Å². The summed E-state index contributed by atoms with van der Waals surface area (Å²) >= 11 is 12.3. The second-order valence-electron chi connectivity index (χ2n) is 8.50. The normalized spacial score (nSPS) is 18.6. The Labute approximate surface area is 207 Å². The maximum atomic E-state index is 13.8. The van der Waals surface area contributed by atoms with Crippen LogP contribution in [0, 0.1) is 5.82 Å². The average molecular weight is 501 g/mol. The molecule has 1 atom stereocenters. The van der Waals surface area contributed by atoms with Crippen LogP contribution in [0.4, 0.5) is 22.0 Å². The maximum Gasteiger partial charge on any atom is 0.247 e. The van der Waals surface area contributed by atoms with Gasteiger partial charge in [0.15, 0.2) is 0 Å². The number of carbonyl (C=O) groups is 1. The molecule has 0 aliphatic carbocycles. The van der Waals surface area contributed by atoms with Crippen LogP contribution in [0.15, 0.2) is 42.6 Å². The quantitative estimate of drug-likeness (QED) is 0.511. The van der Waals surface area contributed by atoms with Gasteiger partial charge >= 0.3 is 0 Å². The first-order valence-electron chi connectivity index (χ1n) is 11.2. The Hall–Kier alpha value is -2.97. The molecule has 1 amide bonds. The van der Waals surface area contributed by atoms with E-state index in [2.05, 4.69) is 16.8 Å². The number of carbonyl (C=O) groups excluding carboxylic acids is 1. The van der Waals surface area contributed by atoms with E-state index in [1.54, 1.807) is 41.4 Å². The van der Waals surface area contributed by atoms with Crippen molar-refractivity contribution in [3.05, 3.63) is 58.5 Å². The molecule has 0 radical (unpaired) electrons. The highest BCUT2D eigenvalue weighted by Gasteiger charge is 2.30.